The van der Waals surface area contributed by atoms with Gasteiger partial charge in [0, 0.05) is 38.2 Å². The number of imide groups is 1. The quantitative estimate of drug-likeness (QED) is 0.725. The summed E-state index contributed by atoms with van der Waals surface area (Å²) >= 11 is 0. The summed E-state index contributed by atoms with van der Waals surface area (Å²) in [5.41, 5.74) is 7.79. The number of hydrogen-bond donors (Lipinski definition) is 2. The third kappa shape index (κ3) is 3.28. The second-order valence-corrected chi connectivity index (χ2v) is 7.90. The van der Waals surface area contributed by atoms with E-state index in [4.69, 9.17) is 5.73 Å². The number of nitriles is 1. The molecule has 0 aromatic heterocycles. The fraction of sp³-hybridized carbons (Fsp3) is 0.500. The number of piperidine rings is 2. The Bertz CT molecular complexity index is 882. The molecule has 3 amide bonds. The Morgan fingerprint density at radius 3 is 2.68 bits per heavy atom. The predicted molar refractivity (Wildman–Crippen MR) is 99.5 cm³/mol. The van der Waals surface area contributed by atoms with Gasteiger partial charge in [-0.25, -0.2) is 0 Å². The molecule has 0 spiro atoms. The Morgan fingerprint density at radius 2 is 2.00 bits per heavy atom. The van der Waals surface area contributed by atoms with E-state index in [1.807, 2.05) is 18.2 Å². The van der Waals surface area contributed by atoms with E-state index in [1.54, 1.807) is 4.90 Å². The van der Waals surface area contributed by atoms with Gasteiger partial charge in [0.05, 0.1) is 6.07 Å². The number of carbonyl (C=O) groups excluding carboxylic acids is 3. The molecule has 0 radical (unpaired) electrons. The van der Waals surface area contributed by atoms with Crippen molar-refractivity contribution < 1.29 is 14.4 Å². The van der Waals surface area contributed by atoms with E-state index in [1.165, 1.54) is 0 Å². The number of fused-ring (bicyclic) bond motifs is 1. The lowest BCUT2D eigenvalue weighted by atomic mass is 9.90. The third-order valence-electron chi connectivity index (χ3n) is 6.00. The highest BCUT2D eigenvalue weighted by atomic mass is 16.2. The van der Waals surface area contributed by atoms with Gasteiger partial charge < -0.3 is 10.6 Å². The minimum atomic E-state index is -0.756. The van der Waals surface area contributed by atoms with Crippen molar-refractivity contribution in [2.75, 3.05) is 13.1 Å². The van der Waals surface area contributed by atoms with Crippen LogP contribution in [0, 0.1) is 11.3 Å². The van der Waals surface area contributed by atoms with Gasteiger partial charge in [-0.05, 0) is 30.4 Å². The zero-order valence-electron chi connectivity index (χ0n) is 15.6. The molecule has 3 aliphatic heterocycles. The van der Waals surface area contributed by atoms with Crippen molar-refractivity contribution in [2.45, 2.75) is 50.4 Å². The molecule has 0 bridgehead atoms. The largest absolute Gasteiger partial charge is 0.322 e. The summed E-state index contributed by atoms with van der Waals surface area (Å²) in [6.45, 7) is 2.41. The highest BCUT2D eigenvalue weighted by molar-refractivity contribution is 6.05. The van der Waals surface area contributed by atoms with Crippen LogP contribution in [0.25, 0.3) is 0 Å². The highest BCUT2D eigenvalue weighted by Gasteiger charge is 2.40. The third-order valence-corrected chi connectivity index (χ3v) is 6.00. The number of benzene rings is 1. The van der Waals surface area contributed by atoms with Crippen molar-refractivity contribution in [1.29, 1.82) is 5.26 Å². The molecule has 1 unspecified atom stereocenters. The van der Waals surface area contributed by atoms with Crippen molar-refractivity contribution in [2.24, 2.45) is 5.73 Å². The van der Waals surface area contributed by atoms with Crippen molar-refractivity contribution >= 4 is 17.7 Å². The lowest BCUT2D eigenvalue weighted by molar-refractivity contribution is -0.136. The maximum absolute atomic E-state index is 13.1. The summed E-state index contributed by atoms with van der Waals surface area (Å²) in [5, 5.41) is 11.5. The molecule has 2 fully saturated rings. The Labute approximate surface area is 163 Å². The summed E-state index contributed by atoms with van der Waals surface area (Å²) in [4.78, 5) is 40.5. The highest BCUT2D eigenvalue weighted by Crippen LogP contribution is 2.31. The maximum Gasteiger partial charge on any atom is 0.255 e. The van der Waals surface area contributed by atoms with E-state index < -0.39 is 17.5 Å². The maximum atomic E-state index is 13.1. The summed E-state index contributed by atoms with van der Waals surface area (Å²) in [6.07, 6.45) is 1.82. The van der Waals surface area contributed by atoms with E-state index in [-0.39, 0.29) is 18.2 Å². The van der Waals surface area contributed by atoms with Crippen LogP contribution in [0.5, 0.6) is 0 Å². The topological polar surface area (TPSA) is 120 Å². The van der Waals surface area contributed by atoms with Crippen molar-refractivity contribution in [3.05, 3.63) is 34.9 Å². The molecule has 8 nitrogen and oxygen atoms in total. The number of nitrogens with two attached hydrogens (primary N) is 1. The lowest BCUT2D eigenvalue weighted by Crippen LogP contribution is -2.52. The summed E-state index contributed by atoms with van der Waals surface area (Å²) < 4.78 is 0. The minimum absolute atomic E-state index is 0.151. The standard InChI is InChI=1S/C20H23N5O3/c21-12-20(22)6-8-24(9-7-20)10-13-2-1-3-14-11-25(19(28)17(13)14)15-4-5-16(26)23-18(15)27/h1-3,15H,4-11,22H2,(H,23,26,27). The van der Waals surface area contributed by atoms with Crippen molar-refractivity contribution in [3.63, 3.8) is 0 Å². The second kappa shape index (κ2) is 7.00. The molecular formula is C20H23N5O3. The van der Waals surface area contributed by atoms with Crippen molar-refractivity contribution in [3.8, 4) is 6.07 Å². The van der Waals surface area contributed by atoms with Crippen molar-refractivity contribution in [1.82, 2.24) is 15.1 Å². The molecule has 0 aliphatic carbocycles. The number of rotatable bonds is 3. The van der Waals surface area contributed by atoms with E-state index >= 15 is 0 Å². The van der Waals surface area contributed by atoms with E-state index in [0.717, 1.165) is 11.1 Å². The zero-order chi connectivity index (χ0) is 19.9. The lowest BCUT2D eigenvalue weighted by Gasteiger charge is -2.35. The Hall–Kier alpha value is -2.76. The van der Waals surface area contributed by atoms with E-state index in [0.29, 0.717) is 51.0 Å². The van der Waals surface area contributed by atoms with Gasteiger partial charge >= 0.3 is 0 Å². The predicted octanol–water partition coefficient (Wildman–Crippen LogP) is 0.264. The summed E-state index contributed by atoms with van der Waals surface area (Å²) in [6, 6.07) is 7.38. The molecule has 2 saturated heterocycles. The van der Waals surface area contributed by atoms with E-state index in [9.17, 15) is 19.6 Å². The van der Waals surface area contributed by atoms with Gasteiger partial charge in [0.25, 0.3) is 5.91 Å². The molecule has 28 heavy (non-hydrogen) atoms. The molecule has 3 N–H and O–H groups in total. The van der Waals surface area contributed by atoms with Gasteiger partial charge in [-0.3, -0.25) is 24.6 Å². The van der Waals surface area contributed by atoms with Crippen LogP contribution in [0.1, 0.15) is 47.2 Å². The van der Waals surface area contributed by atoms with Crippen LogP contribution >= 0.6 is 0 Å². The first-order valence-corrected chi connectivity index (χ1v) is 9.58. The first kappa shape index (κ1) is 18.6. The van der Waals surface area contributed by atoms with Crippen LogP contribution in [-0.4, -0.2) is 52.2 Å². The van der Waals surface area contributed by atoms with Crippen LogP contribution in [0.15, 0.2) is 18.2 Å². The van der Waals surface area contributed by atoms with E-state index in [2.05, 4.69) is 16.3 Å². The smallest absolute Gasteiger partial charge is 0.255 e. The average molecular weight is 381 g/mol. The first-order chi connectivity index (χ1) is 13.4. The molecule has 146 valence electrons. The Balaban J connectivity index is 1.50. The SMILES string of the molecule is N#CC1(N)CCN(Cc2cccc3c2C(=O)N(C2CCC(=O)NC2=O)C3)CC1. The molecule has 0 saturated carbocycles. The van der Waals surface area contributed by atoms with Crippen LogP contribution in [0.2, 0.25) is 0 Å². The molecule has 1 aromatic carbocycles. The van der Waals surface area contributed by atoms with Gasteiger partial charge in [-0.2, -0.15) is 5.26 Å². The number of hydrogen-bond acceptors (Lipinski definition) is 6. The normalized spacial score (nSPS) is 24.6. The summed E-state index contributed by atoms with van der Waals surface area (Å²) in [7, 11) is 0. The van der Waals surface area contributed by atoms with Gasteiger partial charge in [0.15, 0.2) is 0 Å². The molecular weight excluding hydrogens is 358 g/mol. The number of nitrogens with zero attached hydrogens (tertiary/aromatic N) is 3. The fourth-order valence-electron chi connectivity index (χ4n) is 4.28. The van der Waals surface area contributed by atoms with Gasteiger partial charge in [0.2, 0.25) is 11.8 Å². The molecule has 3 heterocycles. The summed E-state index contributed by atoms with van der Waals surface area (Å²) in [5.74, 6) is -0.836. The molecule has 3 aliphatic rings. The van der Waals surface area contributed by atoms with Gasteiger partial charge in [-0.1, -0.05) is 18.2 Å². The zero-order valence-corrected chi connectivity index (χ0v) is 15.6. The van der Waals surface area contributed by atoms with Crippen LogP contribution in [0.3, 0.4) is 0 Å². The number of nitrogens with one attached hydrogen (secondary N) is 1. The van der Waals surface area contributed by atoms with Gasteiger partial charge in [-0.15, -0.1) is 0 Å². The van der Waals surface area contributed by atoms with Crippen LogP contribution in [-0.2, 0) is 22.7 Å². The molecule has 1 atom stereocenters. The second-order valence-electron chi connectivity index (χ2n) is 7.90. The van der Waals surface area contributed by atoms with Crippen LogP contribution in [0.4, 0.5) is 0 Å². The van der Waals surface area contributed by atoms with Gasteiger partial charge in [0.1, 0.15) is 11.6 Å². The first-order valence-electron chi connectivity index (χ1n) is 9.58. The fourth-order valence-corrected chi connectivity index (χ4v) is 4.28. The number of amides is 3. The minimum Gasteiger partial charge on any atom is -0.322 e. The number of carbonyl (C=O) groups is 3. The Morgan fingerprint density at radius 1 is 1.25 bits per heavy atom. The molecule has 8 heteroatoms. The molecule has 4 rings (SSSR count). The average Bonchev–Trinajstić information content (AvgIpc) is 3.01. The number of likely N-dealkylation sites (tertiary alicyclic amines) is 1. The Kier molecular flexibility index (Phi) is 4.65. The van der Waals surface area contributed by atoms with Crippen LogP contribution < -0.4 is 11.1 Å². The monoisotopic (exact) mass is 381 g/mol. The molecule has 1 aromatic rings.